The number of hydrogen-bond acceptors (Lipinski definition) is 2. The van der Waals surface area contributed by atoms with Gasteiger partial charge in [0.2, 0.25) is 0 Å². The van der Waals surface area contributed by atoms with Crippen molar-refractivity contribution in [2.45, 2.75) is 45.1 Å². The van der Waals surface area contributed by atoms with Crippen LogP contribution in [-0.2, 0) is 12.8 Å². The van der Waals surface area contributed by atoms with Gasteiger partial charge in [-0.15, -0.1) is 0 Å². The summed E-state index contributed by atoms with van der Waals surface area (Å²) in [5, 5.41) is 0. The molecule has 2 heterocycles. The first-order valence-corrected chi connectivity index (χ1v) is 6.51. The summed E-state index contributed by atoms with van der Waals surface area (Å²) < 4.78 is 0. The van der Waals surface area contributed by atoms with E-state index in [0.717, 1.165) is 6.04 Å². The minimum Gasteiger partial charge on any atom is -0.300 e. The number of pyridine rings is 1. The van der Waals surface area contributed by atoms with Gasteiger partial charge in [0.05, 0.1) is 0 Å². The maximum absolute atomic E-state index is 4.56. The molecule has 0 spiro atoms. The van der Waals surface area contributed by atoms with E-state index in [1.807, 2.05) is 6.20 Å². The second-order valence-corrected chi connectivity index (χ2v) is 5.26. The Morgan fingerprint density at radius 2 is 2.12 bits per heavy atom. The molecule has 0 N–H and O–H groups in total. The van der Waals surface area contributed by atoms with E-state index in [1.54, 1.807) is 0 Å². The summed E-state index contributed by atoms with van der Waals surface area (Å²) in [4.78, 5) is 7.25. The molecule has 0 bridgehead atoms. The zero-order valence-electron chi connectivity index (χ0n) is 10.1. The molecule has 1 fully saturated rings. The molecule has 1 saturated heterocycles. The molecule has 86 valence electrons. The van der Waals surface area contributed by atoms with Crippen molar-refractivity contribution in [3.63, 3.8) is 0 Å². The van der Waals surface area contributed by atoms with E-state index in [1.165, 1.54) is 62.0 Å². The van der Waals surface area contributed by atoms with Crippen LogP contribution in [0, 0.1) is 6.92 Å². The Kier molecular flexibility index (Phi) is 2.68. The number of likely N-dealkylation sites (tertiary alicyclic amines) is 1. The van der Waals surface area contributed by atoms with E-state index < -0.39 is 0 Å². The highest BCUT2D eigenvalue weighted by molar-refractivity contribution is 5.28. The SMILES string of the molecule is Cc1cnc2c(c1)CC(N1CCCC1)CC2. The van der Waals surface area contributed by atoms with Crippen molar-refractivity contribution in [1.29, 1.82) is 0 Å². The number of aromatic nitrogens is 1. The van der Waals surface area contributed by atoms with E-state index in [0.29, 0.717) is 0 Å². The smallest absolute Gasteiger partial charge is 0.0436 e. The first kappa shape index (κ1) is 10.3. The van der Waals surface area contributed by atoms with Crippen LogP contribution < -0.4 is 0 Å². The highest BCUT2D eigenvalue weighted by atomic mass is 15.2. The van der Waals surface area contributed by atoms with Crippen LogP contribution in [0.3, 0.4) is 0 Å². The predicted octanol–water partition coefficient (Wildman–Crippen LogP) is 2.34. The lowest BCUT2D eigenvalue weighted by Crippen LogP contribution is -2.37. The van der Waals surface area contributed by atoms with E-state index >= 15 is 0 Å². The van der Waals surface area contributed by atoms with Crippen molar-refractivity contribution in [2.75, 3.05) is 13.1 Å². The first-order chi connectivity index (χ1) is 7.83. The summed E-state index contributed by atoms with van der Waals surface area (Å²) in [6.45, 7) is 4.78. The van der Waals surface area contributed by atoms with Crippen molar-refractivity contribution in [3.8, 4) is 0 Å². The molecule has 1 atom stereocenters. The Hall–Kier alpha value is -0.890. The van der Waals surface area contributed by atoms with Gasteiger partial charge < -0.3 is 4.90 Å². The van der Waals surface area contributed by atoms with Crippen LogP contribution >= 0.6 is 0 Å². The Balaban J connectivity index is 1.79. The van der Waals surface area contributed by atoms with Crippen LogP contribution in [0.25, 0.3) is 0 Å². The fourth-order valence-electron chi connectivity index (χ4n) is 3.14. The monoisotopic (exact) mass is 216 g/mol. The zero-order chi connectivity index (χ0) is 11.0. The molecule has 0 aromatic carbocycles. The Bertz CT molecular complexity index is 380. The fourth-order valence-corrected chi connectivity index (χ4v) is 3.14. The molecule has 2 nitrogen and oxygen atoms in total. The normalized spacial score (nSPS) is 25.7. The summed E-state index contributed by atoms with van der Waals surface area (Å²) >= 11 is 0. The second kappa shape index (κ2) is 4.17. The van der Waals surface area contributed by atoms with Gasteiger partial charge in [-0.25, -0.2) is 0 Å². The Morgan fingerprint density at radius 3 is 2.94 bits per heavy atom. The molecule has 3 rings (SSSR count). The van der Waals surface area contributed by atoms with Crippen molar-refractivity contribution in [2.24, 2.45) is 0 Å². The highest BCUT2D eigenvalue weighted by Gasteiger charge is 2.26. The van der Waals surface area contributed by atoms with Crippen LogP contribution in [0.4, 0.5) is 0 Å². The van der Waals surface area contributed by atoms with E-state index in [9.17, 15) is 0 Å². The average Bonchev–Trinajstić information content (AvgIpc) is 2.81. The van der Waals surface area contributed by atoms with Crippen LogP contribution in [0.15, 0.2) is 12.3 Å². The van der Waals surface area contributed by atoms with Crippen LogP contribution in [0.2, 0.25) is 0 Å². The quantitative estimate of drug-likeness (QED) is 0.716. The molecule has 1 aromatic rings. The minimum absolute atomic E-state index is 0.790. The molecule has 1 aliphatic carbocycles. The van der Waals surface area contributed by atoms with Crippen molar-refractivity contribution in [1.82, 2.24) is 9.88 Å². The Morgan fingerprint density at radius 1 is 1.31 bits per heavy atom. The number of fused-ring (bicyclic) bond motifs is 1. The molecule has 2 aliphatic rings. The topological polar surface area (TPSA) is 16.1 Å². The molecule has 1 aromatic heterocycles. The number of nitrogens with zero attached hydrogens (tertiary/aromatic N) is 2. The first-order valence-electron chi connectivity index (χ1n) is 6.51. The van der Waals surface area contributed by atoms with E-state index in [4.69, 9.17) is 0 Å². The summed E-state index contributed by atoms with van der Waals surface area (Å²) in [5.74, 6) is 0. The fraction of sp³-hybridized carbons (Fsp3) is 0.643. The second-order valence-electron chi connectivity index (χ2n) is 5.26. The molecular weight excluding hydrogens is 196 g/mol. The Labute approximate surface area is 97.7 Å². The van der Waals surface area contributed by atoms with Gasteiger partial charge in [-0.3, -0.25) is 4.98 Å². The molecule has 0 saturated carbocycles. The highest BCUT2D eigenvalue weighted by Crippen LogP contribution is 2.26. The van der Waals surface area contributed by atoms with Crippen LogP contribution in [0.1, 0.15) is 36.1 Å². The van der Waals surface area contributed by atoms with Gasteiger partial charge in [0.25, 0.3) is 0 Å². The molecule has 1 aliphatic heterocycles. The van der Waals surface area contributed by atoms with Crippen molar-refractivity contribution < 1.29 is 0 Å². The summed E-state index contributed by atoms with van der Waals surface area (Å²) in [5.41, 5.74) is 4.16. The molecule has 1 unspecified atom stereocenters. The lowest BCUT2D eigenvalue weighted by atomic mass is 9.90. The van der Waals surface area contributed by atoms with Gasteiger partial charge in [-0.05, 0) is 63.2 Å². The molecule has 0 amide bonds. The van der Waals surface area contributed by atoms with Crippen LogP contribution in [0.5, 0.6) is 0 Å². The zero-order valence-corrected chi connectivity index (χ0v) is 10.1. The van der Waals surface area contributed by atoms with Gasteiger partial charge in [-0.2, -0.15) is 0 Å². The van der Waals surface area contributed by atoms with Crippen LogP contribution in [-0.4, -0.2) is 29.0 Å². The van der Waals surface area contributed by atoms with Gasteiger partial charge in [0, 0.05) is 17.9 Å². The predicted molar refractivity (Wildman–Crippen MR) is 65.6 cm³/mol. The van der Waals surface area contributed by atoms with Gasteiger partial charge >= 0.3 is 0 Å². The summed E-state index contributed by atoms with van der Waals surface area (Å²) in [6.07, 6.45) is 8.52. The third-order valence-electron chi connectivity index (χ3n) is 4.02. The number of rotatable bonds is 1. The summed E-state index contributed by atoms with van der Waals surface area (Å²) in [7, 11) is 0. The maximum atomic E-state index is 4.56. The van der Waals surface area contributed by atoms with E-state index in [-0.39, 0.29) is 0 Å². The third-order valence-corrected chi connectivity index (χ3v) is 4.02. The largest absolute Gasteiger partial charge is 0.300 e. The summed E-state index contributed by atoms with van der Waals surface area (Å²) in [6, 6.07) is 3.13. The molecule has 2 heteroatoms. The van der Waals surface area contributed by atoms with Crippen molar-refractivity contribution >= 4 is 0 Å². The van der Waals surface area contributed by atoms with Crippen molar-refractivity contribution in [3.05, 3.63) is 29.1 Å². The molecule has 16 heavy (non-hydrogen) atoms. The standard InChI is InChI=1S/C14H20N2/c1-11-8-12-9-13(16-6-2-3-7-16)4-5-14(12)15-10-11/h8,10,13H,2-7,9H2,1H3. The third kappa shape index (κ3) is 1.86. The van der Waals surface area contributed by atoms with Gasteiger partial charge in [-0.1, -0.05) is 6.07 Å². The lowest BCUT2D eigenvalue weighted by molar-refractivity contribution is 0.221. The molecule has 0 radical (unpaired) electrons. The maximum Gasteiger partial charge on any atom is 0.0436 e. The minimum atomic E-state index is 0.790. The van der Waals surface area contributed by atoms with Gasteiger partial charge in [0.15, 0.2) is 0 Å². The number of hydrogen-bond donors (Lipinski definition) is 0. The van der Waals surface area contributed by atoms with E-state index in [2.05, 4.69) is 22.9 Å². The average molecular weight is 216 g/mol. The molecular formula is C14H20N2. The van der Waals surface area contributed by atoms with Gasteiger partial charge in [0.1, 0.15) is 0 Å². The number of aryl methyl sites for hydroxylation is 2. The lowest BCUT2D eigenvalue weighted by Gasteiger charge is -2.31.